The van der Waals surface area contributed by atoms with Gasteiger partial charge in [-0.2, -0.15) is 23.2 Å². The molecule has 0 unspecified atom stereocenters. The van der Waals surface area contributed by atoms with Gasteiger partial charge in [0.25, 0.3) is 0 Å². The van der Waals surface area contributed by atoms with Crippen LogP contribution >= 0.6 is 23.2 Å². The Balaban J connectivity index is 2.32. The van der Waals surface area contributed by atoms with Crippen molar-refractivity contribution in [3.05, 3.63) is 36.7 Å². The normalized spacial score (nSPS) is 14.6. The predicted octanol–water partition coefficient (Wildman–Crippen LogP) is 1.99. The summed E-state index contributed by atoms with van der Waals surface area (Å²) in [6.45, 7) is 2.04. The third-order valence-electron chi connectivity index (χ3n) is 2.80. The summed E-state index contributed by atoms with van der Waals surface area (Å²) in [7, 11) is 0. The van der Waals surface area contributed by atoms with E-state index in [0.29, 0.717) is 5.27 Å². The van der Waals surface area contributed by atoms with Crippen molar-refractivity contribution in [2.45, 2.75) is 0 Å². The number of rotatable bonds is 4. The monoisotopic (exact) mass is 264 g/mol. The highest BCUT2D eigenvalue weighted by Gasteiger charge is 2.20. The van der Waals surface area contributed by atoms with Crippen LogP contribution in [-0.4, -0.2) is 30.9 Å². The molecule has 1 aliphatic heterocycles. The van der Waals surface area contributed by atoms with Gasteiger partial charge < -0.3 is 10.2 Å². The van der Waals surface area contributed by atoms with Crippen molar-refractivity contribution < 1.29 is 0 Å². The van der Waals surface area contributed by atoms with E-state index in [1.54, 1.807) is 0 Å². The van der Waals surface area contributed by atoms with Crippen LogP contribution in [0.4, 0.5) is 5.69 Å². The fourth-order valence-electron chi connectivity index (χ4n) is 1.98. The lowest BCUT2D eigenvalue weighted by atomic mass is 9.90. The predicted molar refractivity (Wildman–Crippen MR) is 83.3 cm³/mol. The second-order valence-electron chi connectivity index (χ2n) is 3.83. The summed E-state index contributed by atoms with van der Waals surface area (Å²) in [6.07, 6.45) is 8.49. The Hall–Kier alpha value is -0.675. The van der Waals surface area contributed by atoms with E-state index < -0.39 is 0 Å². The van der Waals surface area contributed by atoms with Crippen LogP contribution in [0.5, 0.6) is 0 Å². The first-order valence-electron chi connectivity index (χ1n) is 5.68. The van der Waals surface area contributed by atoms with Crippen molar-refractivity contribution in [1.29, 1.82) is 0 Å². The molecule has 0 aliphatic carbocycles. The molecule has 90 valence electrons. The summed E-state index contributed by atoms with van der Waals surface area (Å²) in [6, 6.07) is 8.70. The number of anilines is 1. The first kappa shape index (κ1) is 12.8. The summed E-state index contributed by atoms with van der Waals surface area (Å²) in [5.74, 6) is 0. The molecule has 1 N–H and O–H groups in total. The molecule has 2 nitrogen and oxygen atoms in total. The average Bonchev–Trinajstić information content (AvgIpc) is 2.42. The van der Waals surface area contributed by atoms with Crippen LogP contribution in [-0.2, 0) is 0 Å². The summed E-state index contributed by atoms with van der Waals surface area (Å²) >= 11 is 3.80. The van der Waals surface area contributed by atoms with Crippen LogP contribution in [0.3, 0.4) is 0 Å². The highest BCUT2D eigenvalue weighted by Crippen LogP contribution is 2.21. The van der Waals surface area contributed by atoms with Gasteiger partial charge in [0.15, 0.2) is 0 Å². The minimum atomic E-state index is 0.509. The molecule has 0 fully saturated rings. The minimum Gasteiger partial charge on any atom is -0.388 e. The van der Waals surface area contributed by atoms with Crippen LogP contribution in [0.25, 0.3) is 0 Å². The van der Waals surface area contributed by atoms with Crippen molar-refractivity contribution in [3.8, 4) is 0 Å². The van der Waals surface area contributed by atoms with E-state index in [0.717, 1.165) is 13.1 Å². The molecule has 1 aliphatic rings. The summed E-state index contributed by atoms with van der Waals surface area (Å²) < 4.78 is 0. The maximum absolute atomic E-state index is 3.23. The molecular formula is C12H17BN2S2. The fourth-order valence-corrected chi connectivity index (χ4v) is 3.66. The van der Waals surface area contributed by atoms with E-state index in [2.05, 4.69) is 53.2 Å². The lowest BCUT2D eigenvalue weighted by Gasteiger charge is -2.27. The number of nitrogens with zero attached hydrogens (tertiary/aromatic N) is 1. The van der Waals surface area contributed by atoms with Gasteiger partial charge in [-0.3, -0.25) is 0 Å². The highest BCUT2D eigenvalue weighted by atomic mass is 32.2. The van der Waals surface area contributed by atoms with Gasteiger partial charge in [-0.15, -0.1) is 0 Å². The van der Waals surface area contributed by atoms with Gasteiger partial charge in [-0.25, -0.2) is 0 Å². The molecule has 0 aromatic heterocycles. The standard InChI is InChI=1S/C12H17BN2S2/c1-16-13(17-2)11-5-3-4-6-12(11)15-9-7-14-8-10-15/h3-7,9,14H,8,10H2,1-2H3. The number of hydrogen-bond donors (Lipinski definition) is 1. The first-order valence-corrected chi connectivity index (χ1v) is 8.25. The molecule has 0 atom stereocenters. The van der Waals surface area contributed by atoms with E-state index in [1.165, 1.54) is 11.2 Å². The van der Waals surface area contributed by atoms with Crippen molar-refractivity contribution in [2.24, 2.45) is 0 Å². The Morgan fingerprint density at radius 2 is 2.00 bits per heavy atom. The molecule has 5 heteroatoms. The van der Waals surface area contributed by atoms with Crippen LogP contribution < -0.4 is 15.7 Å². The molecule has 0 saturated carbocycles. The van der Waals surface area contributed by atoms with Gasteiger partial charge in [-0.1, -0.05) is 18.2 Å². The third kappa shape index (κ3) is 2.96. The van der Waals surface area contributed by atoms with Crippen LogP contribution in [0.2, 0.25) is 0 Å². The Morgan fingerprint density at radius 3 is 2.65 bits per heavy atom. The molecule has 0 radical (unpaired) electrons. The van der Waals surface area contributed by atoms with Crippen LogP contribution in [0.1, 0.15) is 0 Å². The lowest BCUT2D eigenvalue weighted by Crippen LogP contribution is -2.36. The van der Waals surface area contributed by atoms with Gasteiger partial charge in [0, 0.05) is 31.2 Å². The van der Waals surface area contributed by atoms with Crippen LogP contribution in [0, 0.1) is 0 Å². The number of benzene rings is 1. The second kappa shape index (κ2) is 6.31. The Morgan fingerprint density at radius 1 is 1.24 bits per heavy atom. The van der Waals surface area contributed by atoms with Crippen LogP contribution in [0.15, 0.2) is 36.7 Å². The molecule has 1 heterocycles. The first-order chi connectivity index (χ1) is 8.36. The molecular weight excluding hydrogens is 247 g/mol. The average molecular weight is 264 g/mol. The van der Waals surface area contributed by atoms with Gasteiger partial charge in [-0.05, 0) is 24.0 Å². The minimum absolute atomic E-state index is 0.509. The van der Waals surface area contributed by atoms with E-state index in [-0.39, 0.29) is 0 Å². The third-order valence-corrected chi connectivity index (χ3v) is 5.32. The second-order valence-corrected chi connectivity index (χ2v) is 6.01. The zero-order valence-corrected chi connectivity index (χ0v) is 11.9. The molecule has 17 heavy (non-hydrogen) atoms. The van der Waals surface area contributed by atoms with Gasteiger partial charge >= 0.3 is 5.27 Å². The molecule has 0 amide bonds. The Kier molecular flexibility index (Phi) is 4.74. The number of para-hydroxylation sites is 1. The van der Waals surface area contributed by atoms with Crippen molar-refractivity contribution in [2.75, 3.05) is 30.5 Å². The molecule has 0 bridgehead atoms. The molecule has 1 aromatic carbocycles. The van der Waals surface area contributed by atoms with Crippen molar-refractivity contribution >= 4 is 39.6 Å². The quantitative estimate of drug-likeness (QED) is 0.836. The molecule has 0 saturated heterocycles. The Labute approximate surface area is 112 Å². The van der Waals surface area contributed by atoms with Gasteiger partial charge in [0.2, 0.25) is 0 Å². The number of nitrogens with one attached hydrogen (secondary N) is 1. The summed E-state index contributed by atoms with van der Waals surface area (Å²) in [4.78, 5) is 2.32. The smallest absolute Gasteiger partial charge is 0.309 e. The van der Waals surface area contributed by atoms with Gasteiger partial charge in [0.1, 0.15) is 0 Å². The van der Waals surface area contributed by atoms with Crippen molar-refractivity contribution in [1.82, 2.24) is 5.32 Å². The molecule has 2 rings (SSSR count). The summed E-state index contributed by atoms with van der Waals surface area (Å²) in [5, 5.41) is 3.74. The zero-order valence-electron chi connectivity index (χ0n) is 10.2. The summed E-state index contributed by atoms with van der Waals surface area (Å²) in [5.41, 5.74) is 2.75. The fraction of sp³-hybridized carbons (Fsp3) is 0.333. The Bertz CT molecular complexity index is 394. The zero-order chi connectivity index (χ0) is 12.1. The maximum atomic E-state index is 3.23. The molecule has 1 aromatic rings. The van der Waals surface area contributed by atoms with E-state index in [9.17, 15) is 0 Å². The lowest BCUT2D eigenvalue weighted by molar-refractivity contribution is 0.777. The van der Waals surface area contributed by atoms with E-state index in [4.69, 9.17) is 0 Å². The van der Waals surface area contributed by atoms with Gasteiger partial charge in [0.05, 0.1) is 0 Å². The SMILES string of the molecule is CSB(SC)c1ccccc1N1C=CNCC1. The highest BCUT2D eigenvalue weighted by molar-refractivity contribution is 8.55. The maximum Gasteiger partial charge on any atom is 0.309 e. The van der Waals surface area contributed by atoms with E-state index >= 15 is 0 Å². The van der Waals surface area contributed by atoms with E-state index in [1.807, 2.05) is 29.4 Å². The topological polar surface area (TPSA) is 15.3 Å². The largest absolute Gasteiger partial charge is 0.388 e. The van der Waals surface area contributed by atoms with Crippen molar-refractivity contribution in [3.63, 3.8) is 0 Å². The molecule has 0 spiro atoms. The number of hydrogen-bond acceptors (Lipinski definition) is 4.